The molecule has 3 atom stereocenters. The van der Waals surface area contributed by atoms with E-state index >= 15 is 0 Å². The van der Waals surface area contributed by atoms with E-state index in [4.69, 9.17) is 0 Å². The fraction of sp³-hybridized carbons (Fsp3) is 0.857. The lowest BCUT2D eigenvalue weighted by molar-refractivity contribution is -0.155. The maximum absolute atomic E-state index is 12.6. The smallest absolute Gasteiger partial charge is 0.326 e. The van der Waals surface area contributed by atoms with Crippen LogP contribution in [0.15, 0.2) is 0 Å². The largest absolute Gasteiger partial charge is 0.480 e. The third kappa shape index (κ3) is 3.26. The lowest BCUT2D eigenvalue weighted by atomic mass is 9.90. The predicted octanol–water partition coefficient (Wildman–Crippen LogP) is 1.23. The number of carboxylic acids is 1. The van der Waals surface area contributed by atoms with E-state index in [0.717, 1.165) is 45.1 Å². The van der Waals surface area contributed by atoms with Gasteiger partial charge in [-0.15, -0.1) is 0 Å². The Morgan fingerprint density at radius 3 is 2.68 bits per heavy atom. The number of nitrogens with zero attached hydrogens (tertiary/aromatic N) is 1. The summed E-state index contributed by atoms with van der Waals surface area (Å²) in [5.41, 5.74) is 0. The van der Waals surface area contributed by atoms with E-state index in [1.54, 1.807) is 4.90 Å². The first-order valence-electron chi connectivity index (χ1n) is 7.38. The van der Waals surface area contributed by atoms with Gasteiger partial charge in [-0.1, -0.05) is 19.8 Å². The zero-order valence-electron chi connectivity index (χ0n) is 11.6. The lowest BCUT2D eigenvalue weighted by Gasteiger charge is -2.39. The molecule has 5 heteroatoms. The molecule has 0 saturated carbocycles. The van der Waals surface area contributed by atoms with Gasteiger partial charge < -0.3 is 15.3 Å². The minimum atomic E-state index is -0.867. The molecule has 2 aliphatic rings. The molecule has 1 amide bonds. The summed E-state index contributed by atoms with van der Waals surface area (Å²) in [4.78, 5) is 25.6. The number of nitrogens with one attached hydrogen (secondary N) is 1. The Labute approximate surface area is 114 Å². The maximum atomic E-state index is 12.6. The monoisotopic (exact) mass is 268 g/mol. The van der Waals surface area contributed by atoms with Crippen molar-refractivity contribution in [3.05, 3.63) is 0 Å². The van der Waals surface area contributed by atoms with Crippen molar-refractivity contribution >= 4 is 11.9 Å². The van der Waals surface area contributed by atoms with E-state index in [9.17, 15) is 14.7 Å². The Morgan fingerprint density at radius 2 is 1.95 bits per heavy atom. The molecule has 108 valence electrons. The van der Waals surface area contributed by atoms with Gasteiger partial charge in [0.2, 0.25) is 5.91 Å². The molecule has 2 saturated heterocycles. The van der Waals surface area contributed by atoms with Gasteiger partial charge in [0, 0.05) is 6.54 Å². The molecule has 2 N–H and O–H groups in total. The number of carbonyl (C=O) groups excluding carboxylic acids is 1. The SMILES string of the molecule is CC1CCCN(C(=O)C2CCCCCN2)C1C(=O)O. The Kier molecular flexibility index (Phi) is 4.80. The molecule has 2 heterocycles. The maximum Gasteiger partial charge on any atom is 0.326 e. The van der Waals surface area contributed by atoms with Crippen molar-refractivity contribution in [2.75, 3.05) is 13.1 Å². The number of amides is 1. The number of hydrogen-bond donors (Lipinski definition) is 2. The summed E-state index contributed by atoms with van der Waals surface area (Å²) >= 11 is 0. The fourth-order valence-corrected chi connectivity index (χ4v) is 3.25. The molecule has 3 unspecified atom stereocenters. The summed E-state index contributed by atoms with van der Waals surface area (Å²) in [5.74, 6) is -0.837. The van der Waals surface area contributed by atoms with Crippen LogP contribution >= 0.6 is 0 Å². The summed E-state index contributed by atoms with van der Waals surface area (Å²) in [6, 6.07) is -0.832. The molecule has 2 fully saturated rings. The Morgan fingerprint density at radius 1 is 1.16 bits per heavy atom. The predicted molar refractivity (Wildman–Crippen MR) is 71.8 cm³/mol. The van der Waals surface area contributed by atoms with Crippen molar-refractivity contribution in [1.29, 1.82) is 0 Å². The van der Waals surface area contributed by atoms with Crippen LogP contribution in [-0.4, -0.2) is 47.1 Å². The number of piperidine rings is 1. The summed E-state index contributed by atoms with van der Waals surface area (Å²) in [7, 11) is 0. The zero-order valence-corrected chi connectivity index (χ0v) is 11.6. The van der Waals surface area contributed by atoms with Crippen LogP contribution in [0.5, 0.6) is 0 Å². The minimum Gasteiger partial charge on any atom is -0.480 e. The first-order valence-corrected chi connectivity index (χ1v) is 7.38. The molecule has 2 aliphatic heterocycles. The number of carboxylic acid groups (broad SMARTS) is 1. The zero-order chi connectivity index (χ0) is 13.8. The molecule has 0 spiro atoms. The Hall–Kier alpha value is -1.10. The molecular formula is C14H24N2O3. The summed E-state index contributed by atoms with van der Waals surface area (Å²) < 4.78 is 0. The van der Waals surface area contributed by atoms with Gasteiger partial charge in [0.25, 0.3) is 0 Å². The van der Waals surface area contributed by atoms with Gasteiger partial charge in [0.1, 0.15) is 6.04 Å². The third-order valence-electron chi connectivity index (χ3n) is 4.33. The van der Waals surface area contributed by atoms with Gasteiger partial charge in [-0.3, -0.25) is 4.79 Å². The van der Waals surface area contributed by atoms with Crippen LogP contribution in [0, 0.1) is 5.92 Å². The second-order valence-corrected chi connectivity index (χ2v) is 5.79. The Bertz CT molecular complexity index is 338. The molecule has 5 nitrogen and oxygen atoms in total. The van der Waals surface area contributed by atoms with Gasteiger partial charge in [-0.05, 0) is 38.1 Å². The first-order chi connectivity index (χ1) is 9.11. The van der Waals surface area contributed by atoms with Crippen LogP contribution < -0.4 is 5.32 Å². The van der Waals surface area contributed by atoms with Crippen LogP contribution in [0.4, 0.5) is 0 Å². The van der Waals surface area contributed by atoms with Crippen LogP contribution in [0.25, 0.3) is 0 Å². The second kappa shape index (κ2) is 6.37. The van der Waals surface area contributed by atoms with Gasteiger partial charge >= 0.3 is 5.97 Å². The highest BCUT2D eigenvalue weighted by Gasteiger charge is 2.39. The van der Waals surface area contributed by atoms with Crippen molar-refractivity contribution in [1.82, 2.24) is 10.2 Å². The third-order valence-corrected chi connectivity index (χ3v) is 4.33. The average Bonchev–Trinajstić information content (AvgIpc) is 2.66. The van der Waals surface area contributed by atoms with Crippen LogP contribution in [0.1, 0.15) is 45.4 Å². The topological polar surface area (TPSA) is 69.6 Å². The van der Waals surface area contributed by atoms with E-state index < -0.39 is 12.0 Å². The highest BCUT2D eigenvalue weighted by atomic mass is 16.4. The minimum absolute atomic E-state index is 0.0131. The fourth-order valence-electron chi connectivity index (χ4n) is 3.25. The summed E-state index contributed by atoms with van der Waals surface area (Å²) in [5, 5.41) is 12.6. The van der Waals surface area contributed by atoms with Gasteiger partial charge in [0.15, 0.2) is 0 Å². The van der Waals surface area contributed by atoms with Gasteiger partial charge in [-0.25, -0.2) is 4.79 Å². The van der Waals surface area contributed by atoms with Crippen LogP contribution in [0.2, 0.25) is 0 Å². The molecule has 19 heavy (non-hydrogen) atoms. The van der Waals surface area contributed by atoms with E-state index in [0.29, 0.717) is 6.54 Å². The normalized spacial score (nSPS) is 32.7. The van der Waals surface area contributed by atoms with Gasteiger partial charge in [0.05, 0.1) is 6.04 Å². The van der Waals surface area contributed by atoms with E-state index in [2.05, 4.69) is 5.32 Å². The Balaban J connectivity index is 2.08. The molecule has 0 aromatic heterocycles. The first kappa shape index (κ1) is 14.3. The lowest BCUT2D eigenvalue weighted by Crippen LogP contribution is -2.57. The van der Waals surface area contributed by atoms with Crippen molar-refractivity contribution in [3.63, 3.8) is 0 Å². The average molecular weight is 268 g/mol. The highest BCUT2D eigenvalue weighted by Crippen LogP contribution is 2.25. The quantitative estimate of drug-likeness (QED) is 0.790. The van der Waals surface area contributed by atoms with Crippen molar-refractivity contribution in [2.45, 2.75) is 57.5 Å². The van der Waals surface area contributed by atoms with Crippen LogP contribution in [0.3, 0.4) is 0 Å². The molecule has 0 bridgehead atoms. The highest BCUT2D eigenvalue weighted by molar-refractivity contribution is 5.87. The van der Waals surface area contributed by atoms with E-state index in [1.165, 1.54) is 0 Å². The van der Waals surface area contributed by atoms with Crippen molar-refractivity contribution < 1.29 is 14.7 Å². The standard InChI is InChI=1S/C14H24N2O3/c1-10-6-5-9-16(12(10)14(18)19)13(17)11-7-3-2-4-8-15-11/h10-12,15H,2-9H2,1H3,(H,18,19). The number of likely N-dealkylation sites (tertiary alicyclic amines) is 1. The number of aliphatic carboxylic acids is 1. The molecule has 2 rings (SSSR count). The second-order valence-electron chi connectivity index (χ2n) is 5.79. The molecule has 0 aliphatic carbocycles. The van der Waals surface area contributed by atoms with Crippen molar-refractivity contribution in [3.8, 4) is 0 Å². The number of hydrogen-bond acceptors (Lipinski definition) is 3. The molecular weight excluding hydrogens is 244 g/mol. The number of rotatable bonds is 2. The summed E-state index contributed by atoms with van der Waals surface area (Å²) in [6.07, 6.45) is 5.92. The van der Waals surface area contributed by atoms with E-state index in [-0.39, 0.29) is 17.9 Å². The van der Waals surface area contributed by atoms with Gasteiger partial charge in [-0.2, -0.15) is 0 Å². The van der Waals surface area contributed by atoms with E-state index in [1.807, 2.05) is 6.92 Å². The van der Waals surface area contributed by atoms with Crippen molar-refractivity contribution in [2.24, 2.45) is 5.92 Å². The number of carbonyl (C=O) groups is 2. The molecule has 0 aromatic rings. The summed E-state index contributed by atoms with van der Waals surface area (Å²) in [6.45, 7) is 3.37. The molecule has 0 radical (unpaired) electrons. The molecule has 0 aromatic carbocycles. The van der Waals surface area contributed by atoms with Crippen LogP contribution in [-0.2, 0) is 9.59 Å².